The van der Waals surface area contributed by atoms with Crippen molar-refractivity contribution in [3.05, 3.63) is 63.5 Å². The zero-order valence-electron chi connectivity index (χ0n) is 14.7. The van der Waals surface area contributed by atoms with Crippen molar-refractivity contribution < 1.29 is 17.9 Å². The lowest BCUT2D eigenvalue weighted by Gasteiger charge is -2.16. The summed E-state index contributed by atoms with van der Waals surface area (Å²) in [4.78, 5) is 28.7. The van der Waals surface area contributed by atoms with Crippen molar-refractivity contribution in [2.24, 2.45) is 0 Å². The van der Waals surface area contributed by atoms with Crippen LogP contribution in [0.25, 0.3) is 4.96 Å². The molecular weight excluding hydrogens is 390 g/mol. The first kappa shape index (κ1) is 19.2. The topological polar surface area (TPSA) is 98.0 Å². The molecule has 0 saturated carbocycles. The number of esters is 1. The van der Waals surface area contributed by atoms with Crippen molar-refractivity contribution in [1.29, 1.82) is 0 Å². The van der Waals surface area contributed by atoms with Crippen LogP contribution < -0.4 is 5.56 Å². The molecule has 0 radical (unpaired) electrons. The average Bonchev–Trinajstić information content (AvgIpc) is 3.09. The number of benzene rings is 1. The highest BCUT2D eigenvalue weighted by Crippen LogP contribution is 2.15. The quantitative estimate of drug-likeness (QED) is 0.574. The van der Waals surface area contributed by atoms with Crippen molar-refractivity contribution in [2.75, 3.05) is 13.6 Å². The van der Waals surface area contributed by atoms with Gasteiger partial charge in [-0.1, -0.05) is 17.7 Å². The zero-order valence-corrected chi connectivity index (χ0v) is 16.3. The number of ether oxygens (including phenoxy) is 1. The maximum absolute atomic E-state index is 12.5. The molecule has 0 aliphatic heterocycles. The van der Waals surface area contributed by atoms with Crippen molar-refractivity contribution in [2.45, 2.75) is 18.4 Å². The molecule has 10 heteroatoms. The van der Waals surface area contributed by atoms with Gasteiger partial charge in [0.2, 0.25) is 10.0 Å². The highest BCUT2D eigenvalue weighted by molar-refractivity contribution is 7.89. The second kappa shape index (κ2) is 7.59. The summed E-state index contributed by atoms with van der Waals surface area (Å²) in [6.45, 7) is 1.20. The number of rotatable bonds is 6. The van der Waals surface area contributed by atoms with E-state index in [-0.39, 0.29) is 17.1 Å². The van der Waals surface area contributed by atoms with E-state index in [0.717, 1.165) is 9.87 Å². The first-order chi connectivity index (χ1) is 12.8. The van der Waals surface area contributed by atoms with Crippen LogP contribution in [0, 0.1) is 6.92 Å². The maximum atomic E-state index is 12.5. The van der Waals surface area contributed by atoms with E-state index in [1.165, 1.54) is 41.0 Å². The highest BCUT2D eigenvalue weighted by Gasteiger charge is 2.23. The molecule has 2 heterocycles. The molecule has 0 fully saturated rings. The van der Waals surface area contributed by atoms with Crippen LogP contribution in [0.3, 0.4) is 0 Å². The summed E-state index contributed by atoms with van der Waals surface area (Å²) in [6, 6.07) is 7.62. The van der Waals surface area contributed by atoms with Gasteiger partial charge in [-0.25, -0.2) is 13.4 Å². The number of nitrogens with zero attached hydrogens (tertiary/aromatic N) is 3. The number of fused-ring (bicyclic) bond motifs is 1. The van der Waals surface area contributed by atoms with E-state index in [1.807, 2.05) is 6.92 Å². The van der Waals surface area contributed by atoms with Gasteiger partial charge < -0.3 is 4.74 Å². The van der Waals surface area contributed by atoms with E-state index >= 15 is 0 Å². The van der Waals surface area contributed by atoms with Crippen LogP contribution in [0.4, 0.5) is 0 Å². The molecule has 0 spiro atoms. The van der Waals surface area contributed by atoms with Crippen molar-refractivity contribution in [1.82, 2.24) is 13.7 Å². The lowest BCUT2D eigenvalue weighted by Crippen LogP contribution is -2.33. The molecule has 0 unspecified atom stereocenters. The fourth-order valence-electron chi connectivity index (χ4n) is 2.32. The van der Waals surface area contributed by atoms with E-state index < -0.39 is 22.5 Å². The van der Waals surface area contributed by atoms with E-state index in [1.54, 1.807) is 23.7 Å². The Bertz CT molecular complexity index is 1130. The van der Waals surface area contributed by atoms with Gasteiger partial charge in [0.05, 0.1) is 10.6 Å². The lowest BCUT2D eigenvalue weighted by molar-refractivity contribution is -0.145. The number of aryl methyl sites for hydroxylation is 1. The first-order valence-corrected chi connectivity index (χ1v) is 10.2. The van der Waals surface area contributed by atoms with Crippen LogP contribution in [0.5, 0.6) is 0 Å². The fourth-order valence-corrected chi connectivity index (χ4v) is 4.17. The third-order valence-corrected chi connectivity index (χ3v) is 6.39. The standard InChI is InChI=1S/C17H17N3O5S2/c1-12-3-5-14(6-4-12)27(23,24)19(2)10-16(22)25-11-13-9-15(21)20-7-8-26-17(20)18-13/h3-9H,10-11H2,1-2H3. The summed E-state index contributed by atoms with van der Waals surface area (Å²) in [6.07, 6.45) is 1.61. The highest BCUT2D eigenvalue weighted by atomic mass is 32.2. The number of carbonyl (C=O) groups excluding carboxylic acids is 1. The van der Waals surface area contributed by atoms with Gasteiger partial charge in [0.1, 0.15) is 13.2 Å². The number of likely N-dealkylation sites (N-methyl/N-ethyl adjacent to an activating group) is 1. The van der Waals surface area contributed by atoms with E-state index in [2.05, 4.69) is 4.98 Å². The predicted molar refractivity (Wildman–Crippen MR) is 100 cm³/mol. The molecule has 27 heavy (non-hydrogen) atoms. The Labute approximate surface area is 159 Å². The SMILES string of the molecule is Cc1ccc(S(=O)(=O)N(C)CC(=O)OCc2cc(=O)n3ccsc3n2)cc1. The van der Waals surface area contributed by atoms with Gasteiger partial charge in [0.25, 0.3) is 5.56 Å². The molecule has 0 atom stereocenters. The van der Waals surface area contributed by atoms with Crippen LogP contribution in [0.2, 0.25) is 0 Å². The Kier molecular flexibility index (Phi) is 5.40. The lowest BCUT2D eigenvalue weighted by atomic mass is 10.2. The smallest absolute Gasteiger partial charge is 0.321 e. The molecule has 1 aromatic carbocycles. The fraction of sp³-hybridized carbons (Fsp3) is 0.235. The molecule has 0 amide bonds. The number of carbonyl (C=O) groups is 1. The van der Waals surface area contributed by atoms with Gasteiger partial charge in [-0.05, 0) is 19.1 Å². The number of hydrogen-bond acceptors (Lipinski definition) is 7. The van der Waals surface area contributed by atoms with Gasteiger partial charge in [-0.15, -0.1) is 11.3 Å². The van der Waals surface area contributed by atoms with Crippen molar-refractivity contribution >= 4 is 32.3 Å². The van der Waals surface area contributed by atoms with Gasteiger partial charge >= 0.3 is 5.97 Å². The number of sulfonamides is 1. The third-order valence-electron chi connectivity index (χ3n) is 3.82. The van der Waals surface area contributed by atoms with Gasteiger partial charge in [-0.2, -0.15) is 4.31 Å². The minimum Gasteiger partial charge on any atom is -0.458 e. The molecule has 0 aliphatic rings. The number of hydrogen-bond donors (Lipinski definition) is 0. The third kappa shape index (κ3) is 4.24. The summed E-state index contributed by atoms with van der Waals surface area (Å²) in [5.74, 6) is -0.735. The Balaban J connectivity index is 1.64. The Morgan fingerprint density at radius 3 is 2.70 bits per heavy atom. The molecule has 0 N–H and O–H groups in total. The average molecular weight is 407 g/mol. The molecular formula is C17H17N3O5S2. The van der Waals surface area contributed by atoms with Crippen LogP contribution in [-0.4, -0.2) is 41.7 Å². The molecule has 8 nitrogen and oxygen atoms in total. The van der Waals surface area contributed by atoms with Crippen molar-refractivity contribution in [3.8, 4) is 0 Å². The number of thiazole rings is 1. The molecule has 3 rings (SSSR count). The normalized spacial score (nSPS) is 11.8. The molecule has 3 aromatic rings. The molecule has 0 saturated heterocycles. The van der Waals surface area contributed by atoms with Crippen LogP contribution in [0.15, 0.2) is 51.6 Å². The largest absolute Gasteiger partial charge is 0.458 e. The Morgan fingerprint density at radius 2 is 2.00 bits per heavy atom. The number of aromatic nitrogens is 2. The summed E-state index contributed by atoms with van der Waals surface area (Å²) < 4.78 is 32.3. The van der Waals surface area contributed by atoms with Crippen LogP contribution in [-0.2, 0) is 26.2 Å². The first-order valence-electron chi connectivity index (χ1n) is 7.92. The second-order valence-electron chi connectivity index (χ2n) is 5.88. The summed E-state index contributed by atoms with van der Waals surface area (Å²) in [5.41, 5.74) is 0.966. The predicted octanol–water partition coefficient (Wildman–Crippen LogP) is 1.43. The Hall–Kier alpha value is -2.56. The summed E-state index contributed by atoms with van der Waals surface area (Å²) in [5, 5.41) is 1.73. The molecule has 142 valence electrons. The van der Waals surface area contributed by atoms with Crippen LogP contribution >= 0.6 is 11.3 Å². The van der Waals surface area contributed by atoms with E-state index in [4.69, 9.17) is 4.74 Å². The van der Waals surface area contributed by atoms with Gasteiger partial charge in [-0.3, -0.25) is 14.0 Å². The van der Waals surface area contributed by atoms with Gasteiger partial charge in [0, 0.05) is 24.7 Å². The zero-order chi connectivity index (χ0) is 19.6. The molecule has 0 bridgehead atoms. The minimum atomic E-state index is -3.80. The van der Waals surface area contributed by atoms with Gasteiger partial charge in [0.15, 0.2) is 4.96 Å². The minimum absolute atomic E-state index is 0.0984. The van der Waals surface area contributed by atoms with Crippen LogP contribution in [0.1, 0.15) is 11.3 Å². The second-order valence-corrected chi connectivity index (χ2v) is 8.79. The maximum Gasteiger partial charge on any atom is 0.321 e. The van der Waals surface area contributed by atoms with Crippen molar-refractivity contribution in [3.63, 3.8) is 0 Å². The van der Waals surface area contributed by atoms with E-state index in [9.17, 15) is 18.0 Å². The summed E-state index contributed by atoms with van der Waals surface area (Å²) in [7, 11) is -2.49. The Morgan fingerprint density at radius 1 is 1.30 bits per heavy atom. The molecule has 0 aliphatic carbocycles. The summed E-state index contributed by atoms with van der Waals surface area (Å²) >= 11 is 1.29. The van der Waals surface area contributed by atoms with E-state index in [0.29, 0.717) is 10.7 Å². The molecule has 2 aromatic heterocycles. The monoisotopic (exact) mass is 407 g/mol.